The minimum absolute atomic E-state index is 0.203. The van der Waals surface area contributed by atoms with Crippen LogP contribution in [0.3, 0.4) is 0 Å². The fourth-order valence-corrected chi connectivity index (χ4v) is 20.0. The van der Waals surface area contributed by atoms with Gasteiger partial charge in [-0.25, -0.2) is 0 Å². The number of benzene rings is 5. The summed E-state index contributed by atoms with van der Waals surface area (Å²) < 4.78 is 4.14. The van der Waals surface area contributed by atoms with Crippen LogP contribution in [0.5, 0.6) is 0 Å². The summed E-state index contributed by atoms with van der Waals surface area (Å²) in [6.45, 7) is 14.8. The molecule has 0 radical (unpaired) electrons. The van der Waals surface area contributed by atoms with E-state index in [-0.39, 0.29) is 21.8 Å². The van der Waals surface area contributed by atoms with E-state index >= 15 is 0 Å². The number of hydrogen-bond donors (Lipinski definition) is 0. The Hall–Kier alpha value is -3.63. The predicted molar refractivity (Wildman–Crippen MR) is 195 cm³/mol. The van der Waals surface area contributed by atoms with Gasteiger partial charge in [-0.3, -0.25) is 0 Å². The second-order valence-corrected chi connectivity index (χ2v) is 21.6. The summed E-state index contributed by atoms with van der Waals surface area (Å²) in [6, 6.07) is 50.0. The van der Waals surface area contributed by atoms with E-state index in [4.69, 9.17) is 0 Å². The van der Waals surface area contributed by atoms with Crippen LogP contribution < -0.4 is 5.11 Å². The standard InChI is InChI=1S/C13H10O2.3C10H13.Sn/c14-13(15)12-8-6-11(7-9-12)10-4-2-1-3-5-10;3*1-10(2,3)9-7-5-4-6-8-9;/h1-9H,(H,14,15);3*4-8H,1H2,2-3H3;/q;;;;+1/p-1. The molecule has 0 atom stereocenters. The summed E-state index contributed by atoms with van der Waals surface area (Å²) in [5.74, 6) is -1.14. The van der Waals surface area contributed by atoms with Crippen molar-refractivity contribution in [3.63, 3.8) is 0 Å². The molecule has 0 heterocycles. The van der Waals surface area contributed by atoms with Crippen LogP contribution in [0.4, 0.5) is 0 Å². The van der Waals surface area contributed by atoms with Crippen LogP contribution in [-0.2, 0) is 16.2 Å². The first-order chi connectivity index (χ1) is 21.9. The van der Waals surface area contributed by atoms with Gasteiger partial charge in [0.15, 0.2) is 0 Å². The zero-order valence-corrected chi connectivity index (χ0v) is 31.1. The van der Waals surface area contributed by atoms with Gasteiger partial charge in [-0.1, -0.05) is 54.6 Å². The Kier molecular flexibility index (Phi) is 12.1. The summed E-state index contributed by atoms with van der Waals surface area (Å²) in [6.07, 6.45) is 0. The molecule has 0 unspecified atom stereocenters. The maximum Gasteiger partial charge on any atom is 0.0715 e. The van der Waals surface area contributed by atoms with Gasteiger partial charge in [-0.2, -0.15) is 0 Å². The average Bonchev–Trinajstić information content (AvgIpc) is 3.06. The topological polar surface area (TPSA) is 40.1 Å². The molecule has 0 aliphatic carbocycles. The van der Waals surface area contributed by atoms with Crippen molar-refractivity contribution < 1.29 is 9.90 Å². The first-order valence-electron chi connectivity index (χ1n) is 16.2. The molecule has 0 N–H and O–H groups in total. The van der Waals surface area contributed by atoms with Crippen LogP contribution in [0, 0.1) is 0 Å². The smallest absolute Gasteiger partial charge is 0.0715 e. The van der Waals surface area contributed by atoms with Gasteiger partial charge in [0.25, 0.3) is 0 Å². The van der Waals surface area contributed by atoms with Gasteiger partial charge in [0, 0.05) is 0 Å². The maximum atomic E-state index is 10.5. The molecule has 5 rings (SSSR count). The number of carboxylic acid groups (broad SMARTS) is 1. The van der Waals surface area contributed by atoms with E-state index in [2.05, 4.69) is 133 Å². The van der Waals surface area contributed by atoms with Gasteiger partial charge in [0.1, 0.15) is 0 Å². The SMILES string of the molecule is CC(C)([CH2][Sn+]([CH2]C(C)(C)c1ccccc1)[CH2]C(C)(C)c1ccccc1)c1ccccc1.O=C([O-])c1ccc(-c2ccccc2)cc1. The molecule has 236 valence electrons. The fourth-order valence-electron chi connectivity index (χ4n) is 6.47. The monoisotopic (exact) mass is 716 g/mol. The van der Waals surface area contributed by atoms with Crippen molar-refractivity contribution in [2.75, 3.05) is 0 Å². The third-order valence-electron chi connectivity index (χ3n) is 8.97. The molecule has 3 heteroatoms. The molecule has 0 aliphatic heterocycles. The summed E-state index contributed by atoms with van der Waals surface area (Å²) in [5, 5.41) is 10.5. The third-order valence-corrected chi connectivity index (χ3v) is 20.8. The van der Waals surface area contributed by atoms with E-state index < -0.39 is 25.7 Å². The Morgan fingerprint density at radius 1 is 0.457 bits per heavy atom. The number of carbonyl (C=O) groups is 1. The van der Waals surface area contributed by atoms with Crippen molar-refractivity contribution in [2.24, 2.45) is 0 Å². The first kappa shape index (κ1) is 35.2. The predicted octanol–water partition coefficient (Wildman–Crippen LogP) is 10.1. The summed E-state index contributed by atoms with van der Waals surface area (Å²) in [5.41, 5.74) is 7.44. The second kappa shape index (κ2) is 15.8. The molecule has 0 spiro atoms. The third kappa shape index (κ3) is 9.93. The van der Waals surface area contributed by atoms with Crippen LogP contribution in [0.15, 0.2) is 146 Å². The maximum absolute atomic E-state index is 10.5. The number of aromatic carboxylic acids is 1. The van der Waals surface area contributed by atoms with E-state index in [1.54, 1.807) is 24.3 Å². The van der Waals surface area contributed by atoms with E-state index in [0.717, 1.165) is 11.1 Å². The molecule has 0 saturated heterocycles. The van der Waals surface area contributed by atoms with Crippen molar-refractivity contribution in [1.82, 2.24) is 0 Å². The quantitative estimate of drug-likeness (QED) is 0.128. The van der Waals surface area contributed by atoms with Crippen LogP contribution in [0.1, 0.15) is 68.6 Å². The van der Waals surface area contributed by atoms with Crippen molar-refractivity contribution in [3.8, 4) is 11.1 Å². The Labute approximate surface area is 284 Å². The zero-order valence-electron chi connectivity index (χ0n) is 28.3. The molecule has 0 bridgehead atoms. The number of carboxylic acids is 1. The van der Waals surface area contributed by atoms with E-state index in [0.29, 0.717) is 0 Å². The van der Waals surface area contributed by atoms with Crippen LogP contribution in [0.2, 0.25) is 13.3 Å². The van der Waals surface area contributed by atoms with Gasteiger partial charge in [0.05, 0.1) is 5.97 Å². The van der Waals surface area contributed by atoms with Crippen molar-refractivity contribution in [2.45, 2.75) is 71.1 Å². The van der Waals surface area contributed by atoms with Crippen LogP contribution in [-0.4, -0.2) is 25.7 Å². The summed E-state index contributed by atoms with van der Waals surface area (Å²) in [7, 11) is 0. The normalized spacial score (nSPS) is 11.7. The molecule has 0 aromatic heterocycles. The van der Waals surface area contributed by atoms with E-state index in [1.807, 2.05) is 30.3 Å². The van der Waals surface area contributed by atoms with Gasteiger partial charge < -0.3 is 9.90 Å². The Balaban J connectivity index is 0.000000266. The molecule has 0 aliphatic rings. The van der Waals surface area contributed by atoms with Crippen molar-refractivity contribution in [1.29, 1.82) is 0 Å². The zero-order chi connectivity index (χ0) is 33.2. The molecule has 0 amide bonds. The Bertz CT molecular complexity index is 1500. The Morgan fingerprint density at radius 3 is 1.04 bits per heavy atom. The summed E-state index contributed by atoms with van der Waals surface area (Å²) in [4.78, 5) is 10.5. The van der Waals surface area contributed by atoms with Gasteiger partial charge in [-0.15, -0.1) is 0 Å². The molecule has 0 saturated carbocycles. The minimum atomic E-state index is -1.84. The summed E-state index contributed by atoms with van der Waals surface area (Å²) >= 11 is -1.84. The number of hydrogen-bond acceptors (Lipinski definition) is 2. The van der Waals surface area contributed by atoms with Crippen LogP contribution in [0.25, 0.3) is 11.1 Å². The first-order valence-corrected chi connectivity index (χ1v) is 22.3. The second-order valence-electron chi connectivity index (χ2n) is 14.3. The van der Waals surface area contributed by atoms with E-state index in [1.165, 1.54) is 30.0 Å². The average molecular weight is 716 g/mol. The minimum Gasteiger partial charge on any atom is -0.545 e. The van der Waals surface area contributed by atoms with Crippen molar-refractivity contribution in [3.05, 3.63) is 168 Å². The molecule has 46 heavy (non-hydrogen) atoms. The Morgan fingerprint density at radius 2 is 0.739 bits per heavy atom. The largest absolute Gasteiger partial charge is 0.545 e. The van der Waals surface area contributed by atoms with Gasteiger partial charge in [0.2, 0.25) is 0 Å². The molecular formula is C43H48O2Sn. The van der Waals surface area contributed by atoms with Gasteiger partial charge >= 0.3 is 199 Å². The molecule has 5 aromatic rings. The molecule has 5 aromatic carbocycles. The number of carbonyl (C=O) groups excluding carboxylic acids is 1. The molecule has 0 fully saturated rings. The molecule has 2 nitrogen and oxygen atoms in total. The number of rotatable bonds is 11. The van der Waals surface area contributed by atoms with Gasteiger partial charge in [-0.05, 0) is 16.7 Å². The fraction of sp³-hybridized carbons (Fsp3) is 0.279. The molecular weight excluding hydrogens is 667 g/mol. The van der Waals surface area contributed by atoms with Crippen molar-refractivity contribution >= 4 is 25.7 Å². The van der Waals surface area contributed by atoms with Crippen LogP contribution >= 0.6 is 0 Å². The van der Waals surface area contributed by atoms with E-state index in [9.17, 15) is 9.90 Å².